The standard InChI is InChI=1S/C60H92N2O6/c1-7-13-19-25-26-27-28-34-40-68-58-46-52-51(45-57(58)67-39-33-24-18-12-6)61-59-49-43-55(65-37-31-22-16-10-4)53(63-35-29-20-14-8-2)41-47(49)48-42-54(64-36-30-21-15-9-3)56(44-50(48)60(59)62-52)66-38-32-23-17-11-5/h41-46H,7-40H2,1-6H3. The number of nitrogens with zero attached hydrogens (tertiary/aromatic N) is 2. The van der Waals surface area contributed by atoms with E-state index in [1.807, 2.05) is 0 Å². The Hall–Kier alpha value is -4.20. The largest absolute Gasteiger partial charge is 0.490 e. The first-order valence-electron chi connectivity index (χ1n) is 28.1. The maximum atomic E-state index is 6.66. The highest BCUT2D eigenvalue weighted by molar-refractivity contribution is 6.25. The maximum absolute atomic E-state index is 6.66. The molecule has 0 amide bonds. The van der Waals surface area contributed by atoms with Crippen LogP contribution in [0.25, 0.3) is 43.6 Å². The summed E-state index contributed by atoms with van der Waals surface area (Å²) in [6.45, 7) is 17.3. The van der Waals surface area contributed by atoms with Gasteiger partial charge in [-0.25, -0.2) is 9.97 Å². The van der Waals surface area contributed by atoms with E-state index in [0.29, 0.717) is 39.6 Å². The number of unbranched alkanes of at least 4 members (excludes halogenated alkanes) is 22. The molecular weight excluding hydrogens is 845 g/mol. The van der Waals surface area contributed by atoms with Gasteiger partial charge in [-0.15, -0.1) is 0 Å². The van der Waals surface area contributed by atoms with Gasteiger partial charge in [-0.05, 0) is 73.6 Å². The number of hydrogen-bond acceptors (Lipinski definition) is 8. The highest BCUT2D eigenvalue weighted by atomic mass is 16.5. The molecule has 8 nitrogen and oxygen atoms in total. The van der Waals surface area contributed by atoms with Crippen LogP contribution >= 0.6 is 0 Å². The highest BCUT2D eigenvalue weighted by Gasteiger charge is 2.21. The number of rotatable bonds is 40. The molecule has 0 spiro atoms. The summed E-state index contributed by atoms with van der Waals surface area (Å²) in [6, 6.07) is 12.8. The first-order chi connectivity index (χ1) is 33.6. The summed E-state index contributed by atoms with van der Waals surface area (Å²) in [5.41, 5.74) is 3.18. The van der Waals surface area contributed by atoms with Gasteiger partial charge in [-0.3, -0.25) is 0 Å². The summed E-state index contributed by atoms with van der Waals surface area (Å²) in [4.78, 5) is 11.0. The molecule has 0 N–H and O–H groups in total. The highest BCUT2D eigenvalue weighted by Crippen LogP contribution is 2.45. The van der Waals surface area contributed by atoms with Crippen molar-refractivity contribution in [2.45, 2.75) is 221 Å². The van der Waals surface area contributed by atoms with Crippen LogP contribution in [0.3, 0.4) is 0 Å². The zero-order valence-corrected chi connectivity index (χ0v) is 43.8. The van der Waals surface area contributed by atoms with E-state index >= 15 is 0 Å². The monoisotopic (exact) mass is 937 g/mol. The zero-order chi connectivity index (χ0) is 48.0. The fourth-order valence-corrected chi connectivity index (χ4v) is 9.05. The lowest BCUT2D eigenvalue weighted by Crippen LogP contribution is -2.05. The number of aromatic nitrogens is 2. The molecule has 0 fully saturated rings. The zero-order valence-electron chi connectivity index (χ0n) is 43.8. The van der Waals surface area contributed by atoms with Gasteiger partial charge < -0.3 is 28.4 Å². The Morgan fingerprint density at radius 3 is 0.721 bits per heavy atom. The van der Waals surface area contributed by atoms with Crippen molar-refractivity contribution in [3.05, 3.63) is 36.4 Å². The Morgan fingerprint density at radius 2 is 0.456 bits per heavy atom. The molecule has 68 heavy (non-hydrogen) atoms. The summed E-state index contributed by atoms with van der Waals surface area (Å²) in [5, 5.41) is 4.02. The van der Waals surface area contributed by atoms with Crippen LogP contribution in [0.4, 0.5) is 0 Å². The van der Waals surface area contributed by atoms with Crippen LogP contribution in [0.15, 0.2) is 36.4 Å². The summed E-state index contributed by atoms with van der Waals surface area (Å²) in [6.07, 6.45) is 32.6. The second kappa shape index (κ2) is 32.6. The van der Waals surface area contributed by atoms with Crippen molar-refractivity contribution < 1.29 is 28.4 Å². The summed E-state index contributed by atoms with van der Waals surface area (Å²) in [7, 11) is 0. The molecule has 0 bridgehead atoms. The van der Waals surface area contributed by atoms with E-state index in [1.165, 1.54) is 109 Å². The molecule has 0 aliphatic carbocycles. The Balaban J connectivity index is 1.66. The molecule has 0 radical (unpaired) electrons. The third-order valence-corrected chi connectivity index (χ3v) is 13.2. The fraction of sp³-hybridized carbons (Fsp3) is 0.667. The molecule has 0 aliphatic rings. The molecule has 1 heterocycles. The minimum Gasteiger partial charge on any atom is -0.490 e. The van der Waals surface area contributed by atoms with Gasteiger partial charge in [0.15, 0.2) is 34.5 Å². The molecule has 0 saturated carbocycles. The van der Waals surface area contributed by atoms with Crippen molar-refractivity contribution in [3.8, 4) is 34.5 Å². The van der Waals surface area contributed by atoms with Crippen LogP contribution in [-0.4, -0.2) is 49.6 Å². The van der Waals surface area contributed by atoms with Crippen molar-refractivity contribution in [2.75, 3.05) is 39.6 Å². The average molecular weight is 937 g/mol. The molecule has 0 atom stereocenters. The van der Waals surface area contributed by atoms with Crippen molar-refractivity contribution in [1.82, 2.24) is 9.97 Å². The third kappa shape index (κ3) is 17.6. The predicted octanol–water partition coefficient (Wildman–Crippen LogP) is 18.4. The van der Waals surface area contributed by atoms with Crippen LogP contribution in [0.1, 0.15) is 221 Å². The SMILES string of the molecule is CCCCCCCCCCOc1cc2nc3c4cc(OCCCCCC)c(OCCCCCC)cc4c4cc(OCCCCCC)c(OCCCCCC)cc4c3nc2cc1OCCCCCC. The van der Waals surface area contributed by atoms with Gasteiger partial charge in [-0.2, -0.15) is 0 Å². The minimum absolute atomic E-state index is 0.632. The molecule has 8 heteroatoms. The van der Waals surface area contributed by atoms with Gasteiger partial charge in [0.25, 0.3) is 0 Å². The number of fused-ring (bicyclic) bond motifs is 7. The Morgan fingerprint density at radius 1 is 0.250 bits per heavy atom. The van der Waals surface area contributed by atoms with Gasteiger partial charge in [0.05, 0.1) is 61.7 Å². The van der Waals surface area contributed by atoms with Gasteiger partial charge >= 0.3 is 0 Å². The average Bonchev–Trinajstić information content (AvgIpc) is 3.35. The molecule has 0 saturated heterocycles. The lowest BCUT2D eigenvalue weighted by atomic mass is 9.97. The number of benzene rings is 4. The lowest BCUT2D eigenvalue weighted by Gasteiger charge is -2.19. The smallest absolute Gasteiger partial charge is 0.163 e. The van der Waals surface area contributed by atoms with Crippen molar-refractivity contribution in [3.63, 3.8) is 0 Å². The Bertz CT molecular complexity index is 2170. The first-order valence-corrected chi connectivity index (χ1v) is 28.1. The van der Waals surface area contributed by atoms with Crippen LogP contribution in [0, 0.1) is 0 Å². The van der Waals surface area contributed by atoms with E-state index < -0.39 is 0 Å². The minimum atomic E-state index is 0.632. The van der Waals surface area contributed by atoms with E-state index in [1.54, 1.807) is 0 Å². The van der Waals surface area contributed by atoms with Crippen LogP contribution in [-0.2, 0) is 0 Å². The second-order valence-electron chi connectivity index (χ2n) is 19.3. The Labute approximate surface area is 412 Å². The van der Waals surface area contributed by atoms with Crippen LogP contribution < -0.4 is 28.4 Å². The van der Waals surface area contributed by atoms with Crippen molar-refractivity contribution in [1.29, 1.82) is 0 Å². The fourth-order valence-electron chi connectivity index (χ4n) is 9.05. The van der Waals surface area contributed by atoms with Gasteiger partial charge in [-0.1, -0.05) is 183 Å². The van der Waals surface area contributed by atoms with Gasteiger partial charge in [0, 0.05) is 22.9 Å². The van der Waals surface area contributed by atoms with Gasteiger partial charge in [0.2, 0.25) is 0 Å². The lowest BCUT2D eigenvalue weighted by molar-refractivity contribution is 0.259. The van der Waals surface area contributed by atoms with E-state index in [2.05, 4.69) is 77.9 Å². The van der Waals surface area contributed by atoms with Crippen molar-refractivity contribution >= 4 is 43.6 Å². The topological polar surface area (TPSA) is 81.2 Å². The van der Waals surface area contributed by atoms with E-state index in [-0.39, 0.29) is 0 Å². The molecule has 5 rings (SSSR count). The molecule has 4 aromatic carbocycles. The third-order valence-electron chi connectivity index (χ3n) is 13.2. The van der Waals surface area contributed by atoms with Crippen molar-refractivity contribution in [2.24, 2.45) is 0 Å². The van der Waals surface area contributed by atoms with E-state index in [4.69, 9.17) is 38.4 Å². The molecule has 378 valence electrons. The Kier molecular flexibility index (Phi) is 26.2. The molecule has 0 aliphatic heterocycles. The second-order valence-corrected chi connectivity index (χ2v) is 19.3. The van der Waals surface area contributed by atoms with Crippen LogP contribution in [0.2, 0.25) is 0 Å². The van der Waals surface area contributed by atoms with E-state index in [0.717, 1.165) is 149 Å². The maximum Gasteiger partial charge on any atom is 0.163 e. The molecular formula is C60H92N2O6. The summed E-state index contributed by atoms with van der Waals surface area (Å²) in [5.74, 6) is 4.54. The normalized spacial score (nSPS) is 11.6. The molecule has 1 aromatic heterocycles. The number of hydrogen-bond donors (Lipinski definition) is 0. The van der Waals surface area contributed by atoms with Crippen LogP contribution in [0.5, 0.6) is 34.5 Å². The quantitative estimate of drug-likeness (QED) is 0.0218. The van der Waals surface area contributed by atoms with E-state index in [9.17, 15) is 0 Å². The predicted molar refractivity (Wildman–Crippen MR) is 288 cm³/mol. The summed E-state index contributed by atoms with van der Waals surface area (Å²) >= 11 is 0. The molecule has 5 aromatic rings. The molecule has 0 unspecified atom stereocenters. The first kappa shape index (κ1) is 54.7. The summed E-state index contributed by atoms with van der Waals surface area (Å²) < 4.78 is 39.8. The number of ether oxygens (including phenoxy) is 6. The van der Waals surface area contributed by atoms with Gasteiger partial charge in [0.1, 0.15) is 0 Å².